The zero-order chi connectivity index (χ0) is 14.3. The quantitative estimate of drug-likeness (QED) is 0.886. The van der Waals surface area contributed by atoms with Crippen LogP contribution in [0.5, 0.6) is 0 Å². The van der Waals surface area contributed by atoms with Gasteiger partial charge in [0.2, 0.25) is 5.56 Å². The van der Waals surface area contributed by atoms with Crippen LogP contribution < -0.4 is 10.9 Å². The number of aryl methyl sites for hydroxylation is 1. The van der Waals surface area contributed by atoms with Crippen molar-refractivity contribution in [1.29, 1.82) is 0 Å². The van der Waals surface area contributed by atoms with Crippen molar-refractivity contribution in [1.82, 2.24) is 4.57 Å². The van der Waals surface area contributed by atoms with Crippen LogP contribution in [0.15, 0.2) is 23.1 Å². The van der Waals surface area contributed by atoms with Gasteiger partial charge in [0.05, 0.1) is 5.69 Å². The van der Waals surface area contributed by atoms with Gasteiger partial charge in [-0.1, -0.05) is 27.7 Å². The molecule has 1 N–H and O–H groups in total. The summed E-state index contributed by atoms with van der Waals surface area (Å²) in [7, 11) is 1.79. The third-order valence-corrected chi connectivity index (χ3v) is 4.01. The lowest BCUT2D eigenvalue weighted by atomic mass is 9.63. The van der Waals surface area contributed by atoms with E-state index in [-0.39, 0.29) is 5.56 Å². The fraction of sp³-hybridized carbons (Fsp3) is 0.688. The van der Waals surface area contributed by atoms with Crippen LogP contribution in [0.3, 0.4) is 0 Å². The fourth-order valence-corrected chi connectivity index (χ4v) is 3.86. The molecule has 0 spiro atoms. The van der Waals surface area contributed by atoms with E-state index in [4.69, 9.17) is 0 Å². The van der Waals surface area contributed by atoms with E-state index in [0.717, 1.165) is 5.69 Å². The monoisotopic (exact) mass is 262 g/mol. The van der Waals surface area contributed by atoms with E-state index in [1.54, 1.807) is 17.7 Å². The van der Waals surface area contributed by atoms with Crippen molar-refractivity contribution in [2.24, 2.45) is 17.9 Å². The molecule has 0 saturated heterocycles. The van der Waals surface area contributed by atoms with Crippen LogP contribution in [-0.2, 0) is 7.05 Å². The van der Waals surface area contributed by atoms with Gasteiger partial charge in [-0.15, -0.1) is 0 Å². The second-order valence-corrected chi connectivity index (χ2v) is 7.62. The molecular formula is C16H26N2O. The minimum atomic E-state index is 0.0369. The standard InChI is InChI=1S/C16H26N2O/c1-15(2)8-13(9-16(3,4)11-15)17-12-6-7-14(19)18(5)10-12/h6-7,10,13,17H,8-9,11H2,1-5H3. The molecule has 0 aliphatic heterocycles. The van der Waals surface area contributed by atoms with E-state index in [1.807, 2.05) is 12.3 Å². The average Bonchev–Trinajstić information content (AvgIpc) is 2.18. The molecule has 0 atom stereocenters. The molecule has 1 heterocycles. The summed E-state index contributed by atoms with van der Waals surface area (Å²) in [5, 5.41) is 3.60. The topological polar surface area (TPSA) is 34.0 Å². The van der Waals surface area contributed by atoms with Gasteiger partial charge in [0, 0.05) is 25.4 Å². The number of pyridine rings is 1. The lowest BCUT2D eigenvalue weighted by Gasteiger charge is -2.45. The van der Waals surface area contributed by atoms with Gasteiger partial charge in [-0.05, 0) is 36.2 Å². The Morgan fingerprint density at radius 2 is 1.74 bits per heavy atom. The molecule has 2 rings (SSSR count). The van der Waals surface area contributed by atoms with Gasteiger partial charge in [-0.2, -0.15) is 0 Å². The normalized spacial score (nSPS) is 22.2. The number of aromatic nitrogens is 1. The molecule has 1 aliphatic carbocycles. The first-order valence-corrected chi connectivity index (χ1v) is 7.10. The highest BCUT2D eigenvalue weighted by molar-refractivity contribution is 5.41. The summed E-state index contributed by atoms with van der Waals surface area (Å²) in [6.45, 7) is 9.40. The Labute approximate surface area is 116 Å². The van der Waals surface area contributed by atoms with Gasteiger partial charge in [-0.25, -0.2) is 0 Å². The summed E-state index contributed by atoms with van der Waals surface area (Å²) in [4.78, 5) is 11.4. The van der Waals surface area contributed by atoms with Crippen molar-refractivity contribution >= 4 is 5.69 Å². The van der Waals surface area contributed by atoms with Crippen LogP contribution in [0.1, 0.15) is 47.0 Å². The highest BCUT2D eigenvalue weighted by atomic mass is 16.1. The SMILES string of the molecule is Cn1cc(NC2CC(C)(C)CC(C)(C)C2)ccc1=O. The maximum absolute atomic E-state index is 11.4. The number of anilines is 1. The molecule has 19 heavy (non-hydrogen) atoms. The lowest BCUT2D eigenvalue weighted by Crippen LogP contribution is -2.40. The summed E-state index contributed by atoms with van der Waals surface area (Å²) in [6.07, 6.45) is 5.51. The van der Waals surface area contributed by atoms with Gasteiger partial charge in [0.1, 0.15) is 0 Å². The maximum atomic E-state index is 11.4. The first-order chi connectivity index (χ1) is 8.67. The molecule has 1 saturated carbocycles. The van der Waals surface area contributed by atoms with E-state index in [0.29, 0.717) is 16.9 Å². The van der Waals surface area contributed by atoms with Crippen molar-refractivity contribution in [3.05, 3.63) is 28.7 Å². The second kappa shape index (κ2) is 4.69. The van der Waals surface area contributed by atoms with Crippen LogP contribution in [0.4, 0.5) is 5.69 Å². The summed E-state index contributed by atoms with van der Waals surface area (Å²) < 4.78 is 1.63. The molecule has 0 bridgehead atoms. The van der Waals surface area contributed by atoms with Gasteiger partial charge in [0.15, 0.2) is 0 Å². The maximum Gasteiger partial charge on any atom is 0.250 e. The van der Waals surface area contributed by atoms with Crippen molar-refractivity contribution in [3.63, 3.8) is 0 Å². The Morgan fingerprint density at radius 1 is 1.16 bits per heavy atom. The van der Waals surface area contributed by atoms with Gasteiger partial charge in [0.25, 0.3) is 0 Å². The first kappa shape index (κ1) is 14.2. The molecule has 0 amide bonds. The van der Waals surface area contributed by atoms with Crippen molar-refractivity contribution in [2.75, 3.05) is 5.32 Å². The summed E-state index contributed by atoms with van der Waals surface area (Å²) >= 11 is 0. The van der Waals surface area contributed by atoms with Crippen LogP contribution in [0.25, 0.3) is 0 Å². The minimum absolute atomic E-state index is 0.0369. The summed E-state index contributed by atoms with van der Waals surface area (Å²) in [6, 6.07) is 3.99. The summed E-state index contributed by atoms with van der Waals surface area (Å²) in [5.41, 5.74) is 1.83. The van der Waals surface area contributed by atoms with E-state index in [9.17, 15) is 4.79 Å². The average molecular weight is 262 g/mol. The predicted molar refractivity (Wildman–Crippen MR) is 80.5 cm³/mol. The van der Waals surface area contributed by atoms with E-state index >= 15 is 0 Å². The number of hydrogen-bond donors (Lipinski definition) is 1. The molecular weight excluding hydrogens is 236 g/mol. The molecule has 1 aliphatic rings. The molecule has 3 nitrogen and oxygen atoms in total. The third kappa shape index (κ3) is 3.62. The second-order valence-electron chi connectivity index (χ2n) is 7.62. The van der Waals surface area contributed by atoms with E-state index in [1.165, 1.54) is 19.3 Å². The molecule has 106 valence electrons. The number of nitrogens with one attached hydrogen (secondary N) is 1. The van der Waals surface area contributed by atoms with Gasteiger partial charge >= 0.3 is 0 Å². The molecule has 0 aromatic carbocycles. The third-order valence-electron chi connectivity index (χ3n) is 4.01. The smallest absolute Gasteiger partial charge is 0.250 e. The predicted octanol–water partition coefficient (Wildman–Crippen LogP) is 3.40. The molecule has 0 unspecified atom stereocenters. The molecule has 0 radical (unpaired) electrons. The van der Waals surface area contributed by atoms with E-state index < -0.39 is 0 Å². The molecule has 3 heteroatoms. The van der Waals surface area contributed by atoms with Gasteiger partial charge in [-0.3, -0.25) is 4.79 Å². The Balaban J connectivity index is 2.14. The summed E-state index contributed by atoms with van der Waals surface area (Å²) in [5.74, 6) is 0. The number of rotatable bonds is 2. The van der Waals surface area contributed by atoms with Crippen molar-refractivity contribution < 1.29 is 0 Å². The van der Waals surface area contributed by atoms with Crippen LogP contribution in [-0.4, -0.2) is 10.6 Å². The first-order valence-electron chi connectivity index (χ1n) is 7.10. The Hall–Kier alpha value is -1.25. The Kier molecular flexibility index (Phi) is 3.50. The van der Waals surface area contributed by atoms with Crippen LogP contribution in [0, 0.1) is 10.8 Å². The van der Waals surface area contributed by atoms with Crippen LogP contribution in [0.2, 0.25) is 0 Å². The van der Waals surface area contributed by atoms with Crippen LogP contribution >= 0.6 is 0 Å². The van der Waals surface area contributed by atoms with Gasteiger partial charge < -0.3 is 9.88 Å². The Bertz CT molecular complexity index is 498. The minimum Gasteiger partial charge on any atom is -0.381 e. The fourth-order valence-electron chi connectivity index (χ4n) is 3.86. The van der Waals surface area contributed by atoms with Crippen molar-refractivity contribution in [3.8, 4) is 0 Å². The lowest BCUT2D eigenvalue weighted by molar-refractivity contribution is 0.105. The highest BCUT2D eigenvalue weighted by Crippen LogP contribution is 2.46. The zero-order valence-corrected chi connectivity index (χ0v) is 12.8. The molecule has 1 fully saturated rings. The highest BCUT2D eigenvalue weighted by Gasteiger charge is 2.38. The molecule has 1 aromatic rings. The zero-order valence-electron chi connectivity index (χ0n) is 12.8. The number of hydrogen-bond acceptors (Lipinski definition) is 2. The number of nitrogens with zero attached hydrogens (tertiary/aromatic N) is 1. The largest absolute Gasteiger partial charge is 0.381 e. The Morgan fingerprint density at radius 3 is 2.26 bits per heavy atom. The van der Waals surface area contributed by atoms with Crippen molar-refractivity contribution in [2.45, 2.75) is 53.0 Å². The van der Waals surface area contributed by atoms with E-state index in [2.05, 4.69) is 33.0 Å². The molecule has 1 aromatic heterocycles.